The summed E-state index contributed by atoms with van der Waals surface area (Å²) in [5.74, 6) is 0. The van der Waals surface area contributed by atoms with Gasteiger partial charge in [0.15, 0.2) is 0 Å². The number of nitrogens with zero attached hydrogens (tertiary/aromatic N) is 4. The Labute approximate surface area is 256 Å². The first-order chi connectivity index (χ1) is 21.0. The van der Waals surface area contributed by atoms with E-state index in [1.54, 1.807) is 12.3 Å². The van der Waals surface area contributed by atoms with Crippen molar-refractivity contribution in [2.45, 2.75) is 41.5 Å². The van der Waals surface area contributed by atoms with Gasteiger partial charge in [0, 0.05) is 47.1 Å². The van der Waals surface area contributed by atoms with Gasteiger partial charge in [0.2, 0.25) is 0 Å². The van der Waals surface area contributed by atoms with E-state index in [1.807, 2.05) is 56.8 Å². The van der Waals surface area contributed by atoms with Gasteiger partial charge in [0.05, 0.1) is 17.4 Å². The maximum atomic E-state index is 4.38. The molecule has 0 saturated heterocycles. The van der Waals surface area contributed by atoms with Crippen LogP contribution < -0.4 is 0 Å². The molecule has 0 amide bonds. The first-order valence-corrected chi connectivity index (χ1v) is 14.7. The van der Waals surface area contributed by atoms with Gasteiger partial charge in [-0.15, -0.1) is 0 Å². The minimum Gasteiger partial charge on any atom is -0.308 e. The highest BCUT2D eigenvalue weighted by Crippen LogP contribution is 2.31. The van der Waals surface area contributed by atoms with Crippen molar-refractivity contribution < 1.29 is 0 Å². The molecular weight excluding hydrogens is 524 g/mol. The van der Waals surface area contributed by atoms with Crippen molar-refractivity contribution in [2.75, 3.05) is 0 Å². The number of hydrogen-bond donors (Lipinski definition) is 0. The predicted octanol–water partition coefficient (Wildman–Crippen LogP) is 10.3. The van der Waals surface area contributed by atoms with E-state index in [9.17, 15) is 0 Å². The summed E-state index contributed by atoms with van der Waals surface area (Å²) in [5.41, 5.74) is 12.9. The Hall–Kier alpha value is -5.09. The summed E-state index contributed by atoms with van der Waals surface area (Å²) in [6.07, 6.45) is 15.2. The summed E-state index contributed by atoms with van der Waals surface area (Å²) in [5, 5.41) is 1.22. The third-order valence-corrected chi connectivity index (χ3v) is 7.26. The number of allylic oxidation sites excluding steroid dienone is 2. The van der Waals surface area contributed by atoms with Crippen LogP contribution in [0.25, 0.3) is 45.1 Å². The van der Waals surface area contributed by atoms with Crippen LogP contribution in [0.15, 0.2) is 123 Å². The molecule has 43 heavy (non-hydrogen) atoms. The van der Waals surface area contributed by atoms with E-state index in [4.69, 9.17) is 0 Å². The molecule has 216 valence electrons. The summed E-state index contributed by atoms with van der Waals surface area (Å²) < 4.78 is 2.26. The highest BCUT2D eigenvalue weighted by molar-refractivity contribution is 5.89. The van der Waals surface area contributed by atoms with E-state index in [0.717, 1.165) is 33.7 Å². The number of hydrogen-bond acceptors (Lipinski definition) is 3. The van der Waals surface area contributed by atoms with Gasteiger partial charge < -0.3 is 4.57 Å². The monoisotopic (exact) mass is 564 g/mol. The smallest absolute Gasteiger partial charge is 0.0734 e. The second kappa shape index (κ2) is 14.7. The van der Waals surface area contributed by atoms with Gasteiger partial charge in [-0.25, -0.2) is 0 Å². The van der Waals surface area contributed by atoms with E-state index < -0.39 is 0 Å². The van der Waals surface area contributed by atoms with Crippen LogP contribution in [0.5, 0.6) is 0 Å². The van der Waals surface area contributed by atoms with Gasteiger partial charge in [0.1, 0.15) is 0 Å². The van der Waals surface area contributed by atoms with Crippen LogP contribution in [0.4, 0.5) is 0 Å². The molecule has 4 nitrogen and oxygen atoms in total. The quantitative estimate of drug-likeness (QED) is 0.196. The van der Waals surface area contributed by atoms with Gasteiger partial charge in [-0.1, -0.05) is 80.6 Å². The molecule has 0 unspecified atom stereocenters. The lowest BCUT2D eigenvalue weighted by molar-refractivity contribution is 1.09. The third-order valence-electron chi connectivity index (χ3n) is 7.26. The van der Waals surface area contributed by atoms with Gasteiger partial charge in [-0.05, 0) is 91.9 Å². The van der Waals surface area contributed by atoms with Crippen LogP contribution in [-0.2, 0) is 0 Å². The standard InChI is InChI=1S/C25H22N2.C12H12N2.C2H6/c1-4-5-6-24-19(3)23-15-16-26-17-25(23)27(24)22-13-11-21(12-14-22)20-9-7-18(2)8-10-20;1-9-4-3-6-14-12(9)11-5-7-13-8-10(11)2;1-2/h4-17H,1H2,2-3H3;3-8H,1-2H3;1-2H3/b6-5-;;. The minimum atomic E-state index is 1.05. The molecule has 0 radical (unpaired) electrons. The summed E-state index contributed by atoms with van der Waals surface area (Å²) in [4.78, 5) is 12.8. The number of fused-ring (bicyclic) bond motifs is 1. The Balaban J connectivity index is 0.000000222. The topological polar surface area (TPSA) is 43.6 Å². The SMILES string of the molecule is C=C/C=C\c1c(C)c2ccncc2n1-c1ccc(-c2ccc(C)cc2)cc1.CC.Cc1cnccc1-c1ncccc1C. The largest absolute Gasteiger partial charge is 0.308 e. The van der Waals surface area contributed by atoms with Crippen molar-refractivity contribution in [3.05, 3.63) is 150 Å². The molecule has 0 fully saturated rings. The van der Waals surface area contributed by atoms with Crippen molar-refractivity contribution in [1.29, 1.82) is 0 Å². The van der Waals surface area contributed by atoms with Gasteiger partial charge in [-0.3, -0.25) is 15.0 Å². The second-order valence-electron chi connectivity index (χ2n) is 10.1. The lowest BCUT2D eigenvalue weighted by atomic mass is 10.0. The van der Waals surface area contributed by atoms with E-state index in [1.165, 1.54) is 33.2 Å². The molecule has 0 aliphatic rings. The fourth-order valence-corrected chi connectivity index (χ4v) is 5.01. The highest BCUT2D eigenvalue weighted by Gasteiger charge is 2.14. The minimum absolute atomic E-state index is 1.05. The Bertz CT molecular complexity index is 1780. The van der Waals surface area contributed by atoms with E-state index >= 15 is 0 Å². The first kappa shape index (κ1) is 30.9. The van der Waals surface area contributed by atoms with E-state index in [0.29, 0.717) is 0 Å². The Morgan fingerprint density at radius 1 is 0.698 bits per heavy atom. The molecule has 6 aromatic rings. The fourth-order valence-electron chi connectivity index (χ4n) is 5.01. The predicted molar refractivity (Wildman–Crippen MR) is 184 cm³/mol. The number of benzene rings is 2. The summed E-state index contributed by atoms with van der Waals surface area (Å²) in [6, 6.07) is 25.4. The Morgan fingerprint density at radius 2 is 1.35 bits per heavy atom. The van der Waals surface area contributed by atoms with E-state index in [2.05, 4.69) is 121 Å². The third kappa shape index (κ3) is 7.04. The summed E-state index contributed by atoms with van der Waals surface area (Å²) in [6.45, 7) is 16.2. The van der Waals surface area contributed by atoms with Crippen molar-refractivity contribution >= 4 is 17.0 Å². The van der Waals surface area contributed by atoms with Crippen molar-refractivity contribution in [3.63, 3.8) is 0 Å². The van der Waals surface area contributed by atoms with Crippen molar-refractivity contribution in [3.8, 4) is 28.1 Å². The van der Waals surface area contributed by atoms with Crippen LogP contribution in [0.1, 0.15) is 41.8 Å². The molecule has 0 atom stereocenters. The van der Waals surface area contributed by atoms with Crippen molar-refractivity contribution in [1.82, 2.24) is 19.5 Å². The second-order valence-corrected chi connectivity index (χ2v) is 10.1. The fraction of sp³-hybridized carbons (Fsp3) is 0.154. The molecule has 0 aliphatic carbocycles. The lowest BCUT2D eigenvalue weighted by Crippen LogP contribution is -1.97. The normalized spacial score (nSPS) is 10.6. The van der Waals surface area contributed by atoms with Crippen molar-refractivity contribution in [2.24, 2.45) is 0 Å². The number of pyridine rings is 3. The molecule has 0 saturated carbocycles. The molecule has 0 bridgehead atoms. The zero-order valence-corrected chi connectivity index (χ0v) is 26.0. The molecule has 0 spiro atoms. The lowest BCUT2D eigenvalue weighted by Gasteiger charge is -2.10. The Morgan fingerprint density at radius 3 is 2.00 bits per heavy atom. The van der Waals surface area contributed by atoms with Gasteiger partial charge >= 0.3 is 0 Å². The maximum Gasteiger partial charge on any atom is 0.0734 e. The van der Waals surface area contributed by atoms with Gasteiger partial charge in [0.25, 0.3) is 0 Å². The Kier molecular flexibility index (Phi) is 10.5. The molecule has 0 aliphatic heterocycles. The zero-order valence-electron chi connectivity index (χ0n) is 26.0. The number of aromatic nitrogens is 4. The maximum absolute atomic E-state index is 4.38. The van der Waals surface area contributed by atoms with E-state index in [-0.39, 0.29) is 0 Å². The number of rotatable bonds is 5. The van der Waals surface area contributed by atoms with Crippen LogP contribution in [-0.4, -0.2) is 19.5 Å². The molecule has 4 heterocycles. The van der Waals surface area contributed by atoms with Crippen LogP contribution in [0.3, 0.4) is 0 Å². The average molecular weight is 565 g/mol. The average Bonchev–Trinajstić information content (AvgIpc) is 3.33. The molecular formula is C39H40N4. The molecule has 2 aromatic carbocycles. The van der Waals surface area contributed by atoms with Crippen LogP contribution in [0.2, 0.25) is 0 Å². The highest BCUT2D eigenvalue weighted by atomic mass is 15.0. The molecule has 0 N–H and O–H groups in total. The molecule has 4 heteroatoms. The van der Waals surface area contributed by atoms with Gasteiger partial charge in [-0.2, -0.15) is 0 Å². The number of aryl methyl sites for hydroxylation is 4. The molecule has 6 rings (SSSR count). The molecule has 4 aromatic heterocycles. The van der Waals surface area contributed by atoms with Crippen LogP contribution in [0, 0.1) is 27.7 Å². The zero-order chi connectivity index (χ0) is 30.8. The first-order valence-electron chi connectivity index (χ1n) is 14.7. The van der Waals surface area contributed by atoms with Crippen LogP contribution >= 0.6 is 0 Å². The summed E-state index contributed by atoms with van der Waals surface area (Å²) in [7, 11) is 0. The summed E-state index contributed by atoms with van der Waals surface area (Å²) >= 11 is 0.